The Morgan fingerprint density at radius 2 is 1.26 bits per heavy atom. The molecule has 6 nitrogen and oxygen atoms in total. The monoisotopic (exact) mass is 631 g/mol. The molecular formula is C35H19N5OPd. The van der Waals surface area contributed by atoms with E-state index >= 15 is 0 Å². The summed E-state index contributed by atoms with van der Waals surface area (Å²) < 4.78 is 10.5. The number of fused-ring (bicyclic) bond motifs is 12. The molecule has 0 fully saturated rings. The smallest absolute Gasteiger partial charge is 0.497 e. The number of aromatic nitrogens is 5. The second kappa shape index (κ2) is 9.49. The van der Waals surface area contributed by atoms with Crippen molar-refractivity contribution in [3.63, 3.8) is 0 Å². The maximum atomic E-state index is 6.38. The van der Waals surface area contributed by atoms with E-state index in [4.69, 9.17) is 9.72 Å². The summed E-state index contributed by atoms with van der Waals surface area (Å²) >= 11 is 0. The summed E-state index contributed by atoms with van der Waals surface area (Å²) in [5.74, 6) is 1.18. The molecule has 5 heterocycles. The molecule has 0 unspecified atom stereocenters. The van der Waals surface area contributed by atoms with Crippen LogP contribution < -0.4 is 4.74 Å². The largest absolute Gasteiger partial charge is 2.00 e. The SMILES string of the molecule is [Pd+2].[c-]1c(Oc2[c-]c3c(cc2)c2cccnc2n2ccnc32)ccc2c1c1nc(-c3ccccc3)cn1c1ccccc21. The average molecular weight is 632 g/mol. The zero-order valence-electron chi connectivity index (χ0n) is 21.9. The van der Waals surface area contributed by atoms with Gasteiger partial charge in [-0.1, -0.05) is 100 Å². The van der Waals surface area contributed by atoms with Crippen molar-refractivity contribution in [2.75, 3.05) is 0 Å². The van der Waals surface area contributed by atoms with Crippen molar-refractivity contribution in [1.29, 1.82) is 0 Å². The van der Waals surface area contributed by atoms with Gasteiger partial charge in [0.2, 0.25) is 0 Å². The molecule has 5 aromatic heterocycles. The molecule has 9 aromatic rings. The van der Waals surface area contributed by atoms with Gasteiger partial charge in [-0.15, -0.1) is 12.1 Å². The molecule has 0 aliphatic carbocycles. The third kappa shape index (κ3) is 3.65. The van der Waals surface area contributed by atoms with Crippen LogP contribution in [0.25, 0.3) is 66.0 Å². The van der Waals surface area contributed by atoms with E-state index in [1.54, 1.807) is 12.4 Å². The quantitative estimate of drug-likeness (QED) is 0.113. The Kier molecular flexibility index (Phi) is 5.58. The first-order valence-electron chi connectivity index (χ1n) is 13.4. The first kappa shape index (κ1) is 24.7. The standard InChI is InChI=1S/C35H19N5O.Pd/c1-2-7-22(8-3-1)31-21-40-32-11-5-4-9-27(32)25-14-12-24(20-30(25)35(40)38-31)41-23-13-15-26-28-10-6-16-36-33(28)39-18-17-37-34(39)29(26)19-23;/h1-18,21H;/q-2;+2. The number of para-hydroxylation sites is 1. The number of nitrogens with zero attached hydrogens (tertiary/aromatic N) is 5. The van der Waals surface area contributed by atoms with Crippen LogP contribution in [0.2, 0.25) is 0 Å². The zero-order chi connectivity index (χ0) is 26.9. The van der Waals surface area contributed by atoms with Crippen molar-refractivity contribution in [3.8, 4) is 22.8 Å². The van der Waals surface area contributed by atoms with Crippen LogP contribution in [0.3, 0.4) is 0 Å². The molecule has 0 spiro atoms. The van der Waals surface area contributed by atoms with Crippen LogP contribution in [-0.2, 0) is 20.4 Å². The predicted molar refractivity (Wildman–Crippen MR) is 161 cm³/mol. The molecule has 7 heteroatoms. The first-order chi connectivity index (χ1) is 20.3. The van der Waals surface area contributed by atoms with Crippen molar-refractivity contribution >= 4 is 54.8 Å². The minimum atomic E-state index is 0. The van der Waals surface area contributed by atoms with E-state index < -0.39 is 0 Å². The maximum Gasteiger partial charge on any atom is 2.00 e. The van der Waals surface area contributed by atoms with Crippen LogP contribution in [0, 0.1) is 12.1 Å². The number of hydrogen-bond donors (Lipinski definition) is 0. The molecule has 0 bridgehead atoms. The van der Waals surface area contributed by atoms with Crippen molar-refractivity contribution in [2.45, 2.75) is 0 Å². The number of pyridine rings is 3. The molecule has 0 radical (unpaired) electrons. The number of hydrogen-bond acceptors (Lipinski definition) is 4. The van der Waals surface area contributed by atoms with Gasteiger partial charge in [0.1, 0.15) is 5.65 Å². The summed E-state index contributed by atoms with van der Waals surface area (Å²) in [5, 5.41) is 6.05. The molecule has 0 aliphatic rings. The van der Waals surface area contributed by atoms with Gasteiger partial charge in [-0.3, -0.25) is 9.97 Å². The van der Waals surface area contributed by atoms with Crippen molar-refractivity contribution in [1.82, 2.24) is 23.8 Å². The summed E-state index contributed by atoms with van der Waals surface area (Å²) in [6.45, 7) is 0. The van der Waals surface area contributed by atoms with Crippen LogP contribution in [0.4, 0.5) is 0 Å². The van der Waals surface area contributed by atoms with Gasteiger partial charge in [-0.05, 0) is 22.9 Å². The molecule has 0 amide bonds. The van der Waals surface area contributed by atoms with Crippen molar-refractivity contribution in [3.05, 3.63) is 128 Å². The Balaban J connectivity index is 0.00000267. The number of rotatable bonds is 3. The molecule has 200 valence electrons. The van der Waals surface area contributed by atoms with E-state index in [2.05, 4.69) is 81.2 Å². The molecule has 0 saturated carbocycles. The summed E-state index contributed by atoms with van der Waals surface area (Å²) in [6, 6.07) is 37.7. The van der Waals surface area contributed by atoms with Gasteiger partial charge in [0.15, 0.2) is 0 Å². The third-order valence-electron chi connectivity index (χ3n) is 7.68. The van der Waals surface area contributed by atoms with Crippen LogP contribution in [0.1, 0.15) is 0 Å². The molecule has 0 N–H and O–H groups in total. The fourth-order valence-corrected chi connectivity index (χ4v) is 5.85. The van der Waals surface area contributed by atoms with Gasteiger partial charge in [0.25, 0.3) is 0 Å². The van der Waals surface area contributed by atoms with Gasteiger partial charge in [-0.2, -0.15) is 0 Å². The summed E-state index contributed by atoms with van der Waals surface area (Å²) in [6.07, 6.45) is 7.60. The van der Waals surface area contributed by atoms with E-state index in [9.17, 15) is 0 Å². The Labute approximate surface area is 253 Å². The average Bonchev–Trinajstić information content (AvgIpc) is 3.71. The second-order valence-corrected chi connectivity index (χ2v) is 10.0. The van der Waals surface area contributed by atoms with Gasteiger partial charge in [-0.25, -0.2) is 4.98 Å². The summed E-state index contributed by atoms with van der Waals surface area (Å²) in [4.78, 5) is 14.2. The molecule has 0 aliphatic heterocycles. The second-order valence-electron chi connectivity index (χ2n) is 10.0. The topological polar surface area (TPSA) is 56.7 Å². The molecule has 0 atom stereocenters. The van der Waals surface area contributed by atoms with Crippen LogP contribution >= 0.6 is 0 Å². The Morgan fingerprint density at radius 1 is 0.571 bits per heavy atom. The minimum Gasteiger partial charge on any atom is -0.497 e. The van der Waals surface area contributed by atoms with E-state index in [0.717, 1.165) is 66.0 Å². The van der Waals surface area contributed by atoms with E-state index in [-0.39, 0.29) is 20.4 Å². The fourth-order valence-electron chi connectivity index (χ4n) is 5.85. The normalized spacial score (nSPS) is 11.6. The fraction of sp³-hybridized carbons (Fsp3) is 0. The number of benzene rings is 4. The Hall–Kier alpha value is -5.09. The van der Waals surface area contributed by atoms with E-state index in [1.165, 1.54) is 0 Å². The molecule has 9 rings (SSSR count). The van der Waals surface area contributed by atoms with E-state index in [1.807, 2.05) is 53.1 Å². The number of ether oxygens (including phenoxy) is 1. The number of imidazole rings is 2. The predicted octanol–water partition coefficient (Wildman–Crippen LogP) is 8.05. The summed E-state index contributed by atoms with van der Waals surface area (Å²) in [7, 11) is 0. The minimum absolute atomic E-state index is 0. The van der Waals surface area contributed by atoms with E-state index in [0.29, 0.717) is 11.5 Å². The van der Waals surface area contributed by atoms with Crippen LogP contribution in [-0.4, -0.2) is 23.8 Å². The molecule has 42 heavy (non-hydrogen) atoms. The van der Waals surface area contributed by atoms with Gasteiger partial charge in [0.05, 0.1) is 17.0 Å². The van der Waals surface area contributed by atoms with Crippen LogP contribution in [0.5, 0.6) is 11.5 Å². The van der Waals surface area contributed by atoms with Gasteiger partial charge in [0, 0.05) is 47.4 Å². The Bertz CT molecular complexity index is 2460. The first-order valence-corrected chi connectivity index (χ1v) is 13.4. The molecular weight excluding hydrogens is 613 g/mol. The molecule has 0 saturated heterocycles. The third-order valence-corrected chi connectivity index (χ3v) is 7.68. The van der Waals surface area contributed by atoms with Crippen molar-refractivity contribution in [2.24, 2.45) is 0 Å². The zero-order valence-corrected chi connectivity index (χ0v) is 23.5. The molecule has 4 aromatic carbocycles. The van der Waals surface area contributed by atoms with Gasteiger partial charge >= 0.3 is 20.4 Å². The maximum absolute atomic E-state index is 6.38. The Morgan fingerprint density at radius 3 is 2.10 bits per heavy atom. The van der Waals surface area contributed by atoms with Crippen LogP contribution in [0.15, 0.2) is 116 Å². The van der Waals surface area contributed by atoms with Gasteiger partial charge < -0.3 is 13.5 Å². The van der Waals surface area contributed by atoms with Crippen molar-refractivity contribution < 1.29 is 25.2 Å². The summed E-state index contributed by atoms with van der Waals surface area (Å²) in [5.41, 5.74) is 5.57.